The van der Waals surface area contributed by atoms with Gasteiger partial charge >= 0.3 is 0 Å². The Morgan fingerprint density at radius 2 is 1.35 bits per heavy atom. The number of hydrogen-bond donors (Lipinski definition) is 0. The highest BCUT2D eigenvalue weighted by atomic mass is 15.0. The van der Waals surface area contributed by atoms with Crippen molar-refractivity contribution in [3.05, 3.63) is 102 Å². The lowest BCUT2D eigenvalue weighted by atomic mass is 9.83. The van der Waals surface area contributed by atoms with E-state index in [9.17, 15) is 0 Å². The van der Waals surface area contributed by atoms with Crippen LogP contribution in [0.15, 0.2) is 91.0 Å². The van der Waals surface area contributed by atoms with E-state index in [0.29, 0.717) is 5.92 Å². The lowest BCUT2D eigenvalue weighted by Gasteiger charge is -2.24. The van der Waals surface area contributed by atoms with Crippen molar-refractivity contribution in [3.63, 3.8) is 0 Å². The van der Waals surface area contributed by atoms with Crippen molar-refractivity contribution in [2.45, 2.75) is 51.9 Å². The zero-order valence-electron chi connectivity index (χ0n) is 20.3. The second kappa shape index (κ2) is 8.80. The third-order valence-corrected chi connectivity index (χ3v) is 7.99. The molecular formula is C33H33N. The van der Waals surface area contributed by atoms with Crippen LogP contribution < -0.4 is 0 Å². The van der Waals surface area contributed by atoms with Gasteiger partial charge in [-0.3, -0.25) is 0 Å². The Morgan fingerprint density at radius 1 is 0.706 bits per heavy atom. The molecule has 1 aliphatic carbocycles. The minimum absolute atomic E-state index is 0.448. The van der Waals surface area contributed by atoms with Gasteiger partial charge in [-0.15, -0.1) is 0 Å². The summed E-state index contributed by atoms with van der Waals surface area (Å²) in [6, 6.07) is 33.8. The number of rotatable bonds is 7. The first-order valence-corrected chi connectivity index (χ1v) is 13.0. The molecule has 0 saturated heterocycles. The summed E-state index contributed by atoms with van der Waals surface area (Å²) in [5.41, 5.74) is 9.82. The molecule has 4 aromatic carbocycles. The van der Waals surface area contributed by atoms with Crippen LogP contribution in [0.25, 0.3) is 38.6 Å². The number of aromatic nitrogens is 1. The molecule has 1 heteroatoms. The monoisotopic (exact) mass is 443 g/mol. The van der Waals surface area contributed by atoms with E-state index >= 15 is 0 Å². The van der Waals surface area contributed by atoms with Crippen molar-refractivity contribution < 1.29 is 0 Å². The highest BCUT2D eigenvalue weighted by Crippen LogP contribution is 2.51. The summed E-state index contributed by atoms with van der Waals surface area (Å²) < 4.78 is 2.52. The van der Waals surface area contributed by atoms with Crippen LogP contribution in [0.1, 0.15) is 63.0 Å². The fourth-order valence-electron chi connectivity index (χ4n) is 6.29. The SMILES string of the molecule is CCCCC(CC)CC1c2ccccc2-c2cccc(-n3c4ccccc4c4ccccc43)c21. The Kier molecular flexibility index (Phi) is 5.49. The lowest BCUT2D eigenvalue weighted by molar-refractivity contribution is 0.404. The molecule has 170 valence electrons. The van der Waals surface area contributed by atoms with E-state index in [1.54, 1.807) is 0 Å². The second-order valence-electron chi connectivity index (χ2n) is 9.90. The van der Waals surface area contributed by atoms with E-state index in [1.807, 2.05) is 0 Å². The third-order valence-electron chi connectivity index (χ3n) is 7.99. The van der Waals surface area contributed by atoms with Crippen LogP contribution >= 0.6 is 0 Å². The summed E-state index contributed by atoms with van der Waals surface area (Å²) in [6.45, 7) is 4.69. The second-order valence-corrected chi connectivity index (χ2v) is 9.90. The predicted octanol–water partition coefficient (Wildman–Crippen LogP) is 9.50. The van der Waals surface area contributed by atoms with Gasteiger partial charge in [-0.1, -0.05) is 112 Å². The third kappa shape index (κ3) is 3.29. The van der Waals surface area contributed by atoms with Crippen LogP contribution in [0, 0.1) is 5.92 Å². The first-order valence-electron chi connectivity index (χ1n) is 13.0. The van der Waals surface area contributed by atoms with Gasteiger partial charge in [0.1, 0.15) is 0 Å². The van der Waals surface area contributed by atoms with Gasteiger partial charge in [0.25, 0.3) is 0 Å². The van der Waals surface area contributed by atoms with E-state index < -0.39 is 0 Å². The number of fused-ring (bicyclic) bond motifs is 6. The van der Waals surface area contributed by atoms with Crippen LogP contribution in [-0.4, -0.2) is 4.57 Å². The van der Waals surface area contributed by atoms with Gasteiger partial charge in [0.05, 0.1) is 16.7 Å². The van der Waals surface area contributed by atoms with Crippen LogP contribution in [0.3, 0.4) is 0 Å². The maximum absolute atomic E-state index is 2.52. The standard InChI is InChI=1S/C33H33N/c1-3-5-13-23(4-2)22-29-25-15-7-6-14-24(25)28-18-12-21-32(33(28)29)34-30-19-10-8-16-26(30)27-17-9-11-20-31(27)34/h6-12,14-21,23,29H,3-5,13,22H2,1-2H3. The molecule has 6 rings (SSSR count). The molecule has 0 spiro atoms. The highest BCUT2D eigenvalue weighted by molar-refractivity contribution is 6.09. The molecule has 1 nitrogen and oxygen atoms in total. The maximum Gasteiger partial charge on any atom is 0.0541 e. The number of benzene rings is 4. The molecule has 0 aliphatic heterocycles. The van der Waals surface area contributed by atoms with E-state index in [2.05, 4.69) is 109 Å². The van der Waals surface area contributed by atoms with Gasteiger partial charge in [0.15, 0.2) is 0 Å². The van der Waals surface area contributed by atoms with E-state index in [1.165, 1.54) is 81.9 Å². The van der Waals surface area contributed by atoms with Gasteiger partial charge in [0.2, 0.25) is 0 Å². The molecule has 0 amide bonds. The van der Waals surface area contributed by atoms with Crippen molar-refractivity contribution in [1.82, 2.24) is 4.57 Å². The number of hydrogen-bond acceptors (Lipinski definition) is 0. The zero-order valence-corrected chi connectivity index (χ0v) is 20.3. The summed E-state index contributed by atoms with van der Waals surface area (Å²) >= 11 is 0. The normalized spacial score (nSPS) is 15.5. The van der Waals surface area contributed by atoms with Gasteiger partial charge in [-0.25, -0.2) is 0 Å². The molecule has 1 aliphatic rings. The molecule has 0 N–H and O–H groups in total. The number of unbranched alkanes of at least 4 members (excludes halogenated alkanes) is 1. The summed E-state index contributed by atoms with van der Waals surface area (Å²) in [7, 11) is 0. The van der Waals surface area contributed by atoms with Crippen molar-refractivity contribution in [2.75, 3.05) is 0 Å². The van der Waals surface area contributed by atoms with Crippen molar-refractivity contribution in [2.24, 2.45) is 5.92 Å². The first kappa shape index (κ1) is 21.2. The minimum Gasteiger partial charge on any atom is -0.309 e. The maximum atomic E-state index is 2.52. The quantitative estimate of drug-likeness (QED) is 0.236. The van der Waals surface area contributed by atoms with Crippen LogP contribution in [-0.2, 0) is 0 Å². The molecular weight excluding hydrogens is 410 g/mol. The average molecular weight is 444 g/mol. The first-order chi connectivity index (χ1) is 16.8. The number of nitrogens with zero attached hydrogens (tertiary/aromatic N) is 1. The van der Waals surface area contributed by atoms with Crippen molar-refractivity contribution in [3.8, 4) is 16.8 Å². The molecule has 1 aromatic heterocycles. The fourth-order valence-corrected chi connectivity index (χ4v) is 6.29. The van der Waals surface area contributed by atoms with E-state index in [-0.39, 0.29) is 0 Å². The molecule has 2 atom stereocenters. The van der Waals surface area contributed by atoms with Crippen molar-refractivity contribution in [1.29, 1.82) is 0 Å². The van der Waals surface area contributed by atoms with Gasteiger partial charge in [-0.2, -0.15) is 0 Å². The summed E-state index contributed by atoms with van der Waals surface area (Å²) in [5.74, 6) is 1.21. The Hall–Kier alpha value is -3.32. The molecule has 0 radical (unpaired) electrons. The Morgan fingerprint density at radius 3 is 2.06 bits per heavy atom. The van der Waals surface area contributed by atoms with Gasteiger partial charge in [-0.05, 0) is 52.8 Å². The highest BCUT2D eigenvalue weighted by Gasteiger charge is 2.33. The zero-order chi connectivity index (χ0) is 23.1. The summed E-state index contributed by atoms with van der Waals surface area (Å²) in [6.07, 6.45) is 6.42. The van der Waals surface area contributed by atoms with Gasteiger partial charge in [0, 0.05) is 16.7 Å². The molecule has 0 bridgehead atoms. The van der Waals surface area contributed by atoms with Gasteiger partial charge < -0.3 is 4.57 Å². The molecule has 2 unspecified atom stereocenters. The lowest BCUT2D eigenvalue weighted by Crippen LogP contribution is -2.09. The largest absolute Gasteiger partial charge is 0.309 e. The molecule has 1 heterocycles. The molecule has 34 heavy (non-hydrogen) atoms. The van der Waals surface area contributed by atoms with E-state index in [4.69, 9.17) is 0 Å². The smallest absolute Gasteiger partial charge is 0.0541 e. The number of para-hydroxylation sites is 2. The van der Waals surface area contributed by atoms with E-state index in [0.717, 1.165) is 5.92 Å². The predicted molar refractivity (Wildman–Crippen MR) is 146 cm³/mol. The van der Waals surface area contributed by atoms with Crippen LogP contribution in [0.2, 0.25) is 0 Å². The molecule has 5 aromatic rings. The Bertz CT molecular complexity index is 1420. The topological polar surface area (TPSA) is 4.93 Å². The Labute approximate surface area is 203 Å². The minimum atomic E-state index is 0.448. The average Bonchev–Trinajstić information content (AvgIpc) is 3.40. The summed E-state index contributed by atoms with van der Waals surface area (Å²) in [5, 5.41) is 2.66. The summed E-state index contributed by atoms with van der Waals surface area (Å²) in [4.78, 5) is 0. The van der Waals surface area contributed by atoms with Crippen LogP contribution in [0.5, 0.6) is 0 Å². The van der Waals surface area contributed by atoms with Crippen LogP contribution in [0.4, 0.5) is 0 Å². The fraction of sp³-hybridized carbons (Fsp3) is 0.273. The molecule has 0 fully saturated rings. The Balaban J connectivity index is 1.60. The molecule has 0 saturated carbocycles. The van der Waals surface area contributed by atoms with Crippen molar-refractivity contribution >= 4 is 21.8 Å².